The number of aryl methyl sites for hydroxylation is 1. The predicted molar refractivity (Wildman–Crippen MR) is 67.9 cm³/mol. The molecule has 0 fully saturated rings. The third-order valence-corrected chi connectivity index (χ3v) is 3.63. The van der Waals surface area contributed by atoms with E-state index in [1.807, 2.05) is 6.07 Å². The third kappa shape index (κ3) is 2.46. The van der Waals surface area contributed by atoms with E-state index in [1.54, 1.807) is 6.07 Å². The van der Waals surface area contributed by atoms with Gasteiger partial charge in [0, 0.05) is 0 Å². The van der Waals surface area contributed by atoms with Gasteiger partial charge < -0.3 is 4.74 Å². The zero-order valence-electron chi connectivity index (χ0n) is 10.8. The van der Waals surface area contributed by atoms with Crippen LogP contribution in [-0.2, 0) is 6.42 Å². The second kappa shape index (κ2) is 5.07. The van der Waals surface area contributed by atoms with E-state index in [1.165, 1.54) is 6.07 Å². The van der Waals surface area contributed by atoms with Crippen molar-refractivity contribution < 1.29 is 9.13 Å². The van der Waals surface area contributed by atoms with E-state index in [4.69, 9.17) is 4.74 Å². The van der Waals surface area contributed by atoms with Crippen LogP contribution in [0.2, 0.25) is 0 Å². The Labute approximate surface area is 103 Å². The maximum absolute atomic E-state index is 13.8. The molecule has 0 bridgehead atoms. The van der Waals surface area contributed by atoms with Crippen molar-refractivity contribution in [1.82, 2.24) is 0 Å². The Balaban J connectivity index is 2.28. The molecule has 1 heterocycles. The Morgan fingerprint density at radius 3 is 2.59 bits per heavy atom. The second-order valence-corrected chi connectivity index (χ2v) is 5.01. The summed E-state index contributed by atoms with van der Waals surface area (Å²) in [5.41, 5.74) is 0.895. The van der Waals surface area contributed by atoms with E-state index in [-0.39, 0.29) is 11.4 Å². The highest BCUT2D eigenvalue weighted by Crippen LogP contribution is 2.39. The van der Waals surface area contributed by atoms with Gasteiger partial charge in [0.15, 0.2) is 11.6 Å². The first-order chi connectivity index (χ1) is 8.21. The quantitative estimate of drug-likeness (QED) is 0.748. The number of hydrogen-bond acceptors (Lipinski definition) is 1. The molecule has 0 radical (unpaired) electrons. The summed E-state index contributed by atoms with van der Waals surface area (Å²) in [5, 5.41) is 0. The molecule has 1 aliphatic heterocycles. The molecule has 0 saturated heterocycles. The fraction of sp³-hybridized carbons (Fsp3) is 0.600. The first-order valence-corrected chi connectivity index (χ1v) is 6.67. The number of halogens is 1. The first kappa shape index (κ1) is 12.4. The SMILES string of the molecule is CCCC1(CCC)CCc2cccc(F)c2O1. The van der Waals surface area contributed by atoms with Gasteiger partial charge in [0.1, 0.15) is 5.60 Å². The number of hydrogen-bond donors (Lipinski definition) is 0. The monoisotopic (exact) mass is 236 g/mol. The summed E-state index contributed by atoms with van der Waals surface area (Å²) in [4.78, 5) is 0. The van der Waals surface area contributed by atoms with E-state index in [0.717, 1.165) is 44.1 Å². The van der Waals surface area contributed by atoms with Crippen molar-refractivity contribution in [3.63, 3.8) is 0 Å². The van der Waals surface area contributed by atoms with Gasteiger partial charge in [-0.3, -0.25) is 0 Å². The zero-order valence-corrected chi connectivity index (χ0v) is 10.8. The molecular formula is C15H21FO. The minimum Gasteiger partial charge on any atom is -0.484 e. The van der Waals surface area contributed by atoms with Crippen LogP contribution in [0.3, 0.4) is 0 Å². The van der Waals surface area contributed by atoms with Gasteiger partial charge in [-0.15, -0.1) is 0 Å². The van der Waals surface area contributed by atoms with Gasteiger partial charge in [-0.25, -0.2) is 4.39 Å². The van der Waals surface area contributed by atoms with Gasteiger partial charge in [0.2, 0.25) is 0 Å². The smallest absolute Gasteiger partial charge is 0.165 e. The molecule has 0 saturated carbocycles. The number of fused-ring (bicyclic) bond motifs is 1. The Morgan fingerprint density at radius 2 is 1.94 bits per heavy atom. The average Bonchev–Trinajstić information content (AvgIpc) is 2.31. The Kier molecular flexibility index (Phi) is 3.70. The zero-order chi connectivity index (χ0) is 12.3. The number of rotatable bonds is 4. The lowest BCUT2D eigenvalue weighted by Crippen LogP contribution is -2.39. The van der Waals surface area contributed by atoms with Crippen LogP contribution in [0.1, 0.15) is 51.5 Å². The van der Waals surface area contributed by atoms with E-state index in [2.05, 4.69) is 13.8 Å². The van der Waals surface area contributed by atoms with Crippen LogP contribution in [0.15, 0.2) is 18.2 Å². The highest BCUT2D eigenvalue weighted by molar-refractivity contribution is 5.37. The maximum Gasteiger partial charge on any atom is 0.165 e. The van der Waals surface area contributed by atoms with Gasteiger partial charge in [-0.1, -0.05) is 38.8 Å². The van der Waals surface area contributed by atoms with Gasteiger partial charge in [-0.05, 0) is 37.3 Å². The summed E-state index contributed by atoms with van der Waals surface area (Å²) in [6, 6.07) is 5.23. The van der Waals surface area contributed by atoms with Crippen LogP contribution in [0.5, 0.6) is 5.75 Å². The summed E-state index contributed by atoms with van der Waals surface area (Å²) in [5.74, 6) is 0.291. The number of ether oxygens (including phenoxy) is 1. The van der Waals surface area contributed by atoms with Crippen molar-refractivity contribution in [3.8, 4) is 5.75 Å². The largest absolute Gasteiger partial charge is 0.484 e. The standard InChI is InChI=1S/C15H21FO/c1-3-9-15(10-4-2)11-8-12-6-5-7-13(16)14(12)17-15/h5-7H,3-4,8-11H2,1-2H3. The topological polar surface area (TPSA) is 9.23 Å². The van der Waals surface area contributed by atoms with Crippen LogP contribution in [-0.4, -0.2) is 5.60 Å². The molecule has 1 aromatic rings. The van der Waals surface area contributed by atoms with Crippen LogP contribution >= 0.6 is 0 Å². The molecule has 0 spiro atoms. The highest BCUT2D eigenvalue weighted by atomic mass is 19.1. The van der Waals surface area contributed by atoms with Gasteiger partial charge >= 0.3 is 0 Å². The van der Waals surface area contributed by atoms with E-state index in [0.29, 0.717) is 5.75 Å². The molecule has 0 amide bonds. The molecule has 1 aliphatic rings. The minimum atomic E-state index is -0.209. The fourth-order valence-electron chi connectivity index (χ4n) is 2.88. The summed E-state index contributed by atoms with van der Waals surface area (Å²) in [6.45, 7) is 4.33. The van der Waals surface area contributed by atoms with Crippen molar-refractivity contribution in [1.29, 1.82) is 0 Å². The maximum atomic E-state index is 13.8. The molecule has 0 unspecified atom stereocenters. The molecule has 1 nitrogen and oxygen atoms in total. The van der Waals surface area contributed by atoms with E-state index in [9.17, 15) is 4.39 Å². The lowest BCUT2D eigenvalue weighted by Gasteiger charge is -2.39. The van der Waals surface area contributed by atoms with E-state index < -0.39 is 0 Å². The molecule has 2 rings (SSSR count). The second-order valence-electron chi connectivity index (χ2n) is 5.01. The fourth-order valence-corrected chi connectivity index (χ4v) is 2.88. The highest BCUT2D eigenvalue weighted by Gasteiger charge is 2.35. The van der Waals surface area contributed by atoms with Crippen LogP contribution in [0.4, 0.5) is 4.39 Å². The average molecular weight is 236 g/mol. The van der Waals surface area contributed by atoms with Crippen molar-refractivity contribution >= 4 is 0 Å². The molecule has 0 aliphatic carbocycles. The molecule has 0 N–H and O–H groups in total. The number of benzene rings is 1. The summed E-state index contributed by atoms with van der Waals surface area (Å²) >= 11 is 0. The van der Waals surface area contributed by atoms with Gasteiger partial charge in [-0.2, -0.15) is 0 Å². The van der Waals surface area contributed by atoms with Gasteiger partial charge in [0.25, 0.3) is 0 Å². The summed E-state index contributed by atoms with van der Waals surface area (Å²) in [6.07, 6.45) is 6.18. The molecule has 1 aromatic carbocycles. The third-order valence-electron chi connectivity index (χ3n) is 3.63. The normalized spacial score (nSPS) is 17.4. The van der Waals surface area contributed by atoms with Crippen LogP contribution < -0.4 is 4.74 Å². The van der Waals surface area contributed by atoms with Crippen molar-refractivity contribution in [3.05, 3.63) is 29.6 Å². The van der Waals surface area contributed by atoms with E-state index >= 15 is 0 Å². The molecule has 0 aromatic heterocycles. The van der Waals surface area contributed by atoms with Crippen molar-refractivity contribution in [2.45, 2.75) is 58.0 Å². The Bertz CT molecular complexity index is 381. The molecule has 94 valence electrons. The Hall–Kier alpha value is -1.05. The molecule has 2 heteroatoms. The Morgan fingerprint density at radius 1 is 1.24 bits per heavy atom. The predicted octanol–water partition coefficient (Wildman–Crippen LogP) is 4.49. The molecule has 0 atom stereocenters. The lowest BCUT2D eigenvalue weighted by molar-refractivity contribution is 0.0234. The lowest BCUT2D eigenvalue weighted by atomic mass is 9.84. The molecular weight excluding hydrogens is 215 g/mol. The number of para-hydroxylation sites is 1. The summed E-state index contributed by atoms with van der Waals surface area (Å²) in [7, 11) is 0. The molecule has 17 heavy (non-hydrogen) atoms. The van der Waals surface area contributed by atoms with Crippen LogP contribution in [0.25, 0.3) is 0 Å². The van der Waals surface area contributed by atoms with Gasteiger partial charge in [0.05, 0.1) is 0 Å². The summed E-state index contributed by atoms with van der Waals surface area (Å²) < 4.78 is 19.8. The van der Waals surface area contributed by atoms with Crippen molar-refractivity contribution in [2.24, 2.45) is 0 Å². The van der Waals surface area contributed by atoms with Crippen molar-refractivity contribution in [2.75, 3.05) is 0 Å². The van der Waals surface area contributed by atoms with Crippen LogP contribution in [0, 0.1) is 5.82 Å². The first-order valence-electron chi connectivity index (χ1n) is 6.67. The minimum absolute atomic E-state index is 0.126.